The molecule has 1 aromatic rings. The Hall–Kier alpha value is -0.780. The summed E-state index contributed by atoms with van der Waals surface area (Å²) >= 11 is 3.49. The van der Waals surface area contributed by atoms with E-state index in [-0.39, 0.29) is 0 Å². The molecular formula is C12H12BrN. The van der Waals surface area contributed by atoms with E-state index >= 15 is 0 Å². The average Bonchev–Trinajstić information content (AvgIpc) is 2.19. The zero-order chi connectivity index (χ0) is 9.97. The Labute approximate surface area is 93.2 Å². The summed E-state index contributed by atoms with van der Waals surface area (Å²) in [5.41, 5.74) is 2.86. The lowest BCUT2D eigenvalue weighted by atomic mass is 10.0. The molecule has 0 fully saturated rings. The van der Waals surface area contributed by atoms with Gasteiger partial charge in [-0.05, 0) is 29.7 Å². The van der Waals surface area contributed by atoms with Crippen LogP contribution >= 0.6 is 15.9 Å². The van der Waals surface area contributed by atoms with E-state index in [2.05, 4.69) is 44.9 Å². The molecule has 1 heterocycles. The second kappa shape index (κ2) is 4.16. The lowest BCUT2D eigenvalue weighted by Crippen LogP contribution is -2.30. The lowest BCUT2D eigenvalue weighted by Gasteiger charge is -2.27. The van der Waals surface area contributed by atoms with Gasteiger partial charge < -0.3 is 0 Å². The normalized spacial score (nSPS) is 16.0. The highest BCUT2D eigenvalue weighted by atomic mass is 79.9. The predicted octanol–water partition coefficient (Wildman–Crippen LogP) is 2.44. The van der Waals surface area contributed by atoms with Gasteiger partial charge in [-0.25, -0.2) is 0 Å². The summed E-state index contributed by atoms with van der Waals surface area (Å²) in [7, 11) is 0. The molecule has 0 amide bonds. The monoisotopic (exact) mass is 249 g/mol. The van der Waals surface area contributed by atoms with Crippen LogP contribution in [0.15, 0.2) is 22.7 Å². The smallest absolute Gasteiger partial charge is 0.0601 e. The number of fused-ring (bicyclic) bond motifs is 1. The summed E-state index contributed by atoms with van der Waals surface area (Å²) in [5, 5.41) is 0. The molecule has 0 unspecified atom stereocenters. The van der Waals surface area contributed by atoms with Crippen LogP contribution < -0.4 is 0 Å². The second-order valence-electron chi connectivity index (χ2n) is 3.58. The quantitative estimate of drug-likeness (QED) is 0.692. The molecule has 0 aliphatic carbocycles. The van der Waals surface area contributed by atoms with E-state index in [0.29, 0.717) is 0 Å². The van der Waals surface area contributed by atoms with Crippen LogP contribution in [-0.2, 0) is 13.0 Å². The number of rotatable bonds is 1. The third-order valence-electron chi connectivity index (χ3n) is 2.57. The highest BCUT2D eigenvalue weighted by Crippen LogP contribution is 2.22. The molecule has 0 spiro atoms. The summed E-state index contributed by atoms with van der Waals surface area (Å²) in [6.07, 6.45) is 6.41. The summed E-state index contributed by atoms with van der Waals surface area (Å²) in [4.78, 5) is 2.30. The van der Waals surface area contributed by atoms with Crippen LogP contribution in [0.1, 0.15) is 11.1 Å². The van der Waals surface area contributed by atoms with Crippen LogP contribution in [0.2, 0.25) is 0 Å². The zero-order valence-corrected chi connectivity index (χ0v) is 9.55. The van der Waals surface area contributed by atoms with Gasteiger partial charge in [-0.1, -0.05) is 27.9 Å². The van der Waals surface area contributed by atoms with Crippen LogP contribution in [0.25, 0.3) is 0 Å². The standard InChI is InChI=1S/C12H12BrN/c1-2-6-14-7-5-10-8-12(13)4-3-11(10)9-14/h1,3-4,8H,5-7,9H2. The van der Waals surface area contributed by atoms with Gasteiger partial charge in [-0.2, -0.15) is 0 Å². The molecule has 0 saturated heterocycles. The van der Waals surface area contributed by atoms with Crippen LogP contribution in [0.4, 0.5) is 0 Å². The minimum atomic E-state index is 0.759. The molecule has 1 aliphatic rings. The number of hydrogen-bond acceptors (Lipinski definition) is 1. The number of halogens is 1. The van der Waals surface area contributed by atoms with Gasteiger partial charge in [0.05, 0.1) is 6.54 Å². The summed E-state index contributed by atoms with van der Waals surface area (Å²) < 4.78 is 1.17. The Bertz CT molecular complexity index is 378. The van der Waals surface area contributed by atoms with Gasteiger partial charge in [-0.3, -0.25) is 4.90 Å². The highest BCUT2D eigenvalue weighted by molar-refractivity contribution is 9.10. The fourth-order valence-corrected chi connectivity index (χ4v) is 2.25. The highest BCUT2D eigenvalue weighted by Gasteiger charge is 2.14. The van der Waals surface area contributed by atoms with Crippen molar-refractivity contribution < 1.29 is 0 Å². The topological polar surface area (TPSA) is 3.24 Å². The summed E-state index contributed by atoms with van der Waals surface area (Å²) in [6.45, 7) is 2.83. The van der Waals surface area contributed by atoms with E-state index in [0.717, 1.165) is 26.1 Å². The molecule has 0 N–H and O–H groups in total. The molecule has 14 heavy (non-hydrogen) atoms. The Morgan fingerprint density at radius 2 is 2.29 bits per heavy atom. The van der Waals surface area contributed by atoms with Crippen LogP contribution in [0.3, 0.4) is 0 Å². The predicted molar refractivity (Wildman–Crippen MR) is 62.0 cm³/mol. The minimum Gasteiger partial charge on any atom is -0.288 e. The first kappa shape index (κ1) is 9.76. The van der Waals surface area contributed by atoms with E-state index in [1.807, 2.05) is 0 Å². The van der Waals surface area contributed by atoms with Gasteiger partial charge in [0.2, 0.25) is 0 Å². The second-order valence-corrected chi connectivity index (χ2v) is 4.49. The van der Waals surface area contributed by atoms with Gasteiger partial charge >= 0.3 is 0 Å². The first-order valence-corrected chi connectivity index (χ1v) is 5.52. The first-order valence-electron chi connectivity index (χ1n) is 4.73. The zero-order valence-electron chi connectivity index (χ0n) is 7.96. The maximum absolute atomic E-state index is 5.30. The number of hydrogen-bond donors (Lipinski definition) is 0. The molecule has 0 bridgehead atoms. The van der Waals surface area contributed by atoms with E-state index in [1.165, 1.54) is 15.6 Å². The van der Waals surface area contributed by atoms with Gasteiger partial charge in [-0.15, -0.1) is 6.42 Å². The largest absolute Gasteiger partial charge is 0.288 e. The Morgan fingerprint density at radius 3 is 3.07 bits per heavy atom. The van der Waals surface area contributed by atoms with Gasteiger partial charge in [0.15, 0.2) is 0 Å². The number of nitrogens with zero attached hydrogens (tertiary/aromatic N) is 1. The molecule has 1 aromatic carbocycles. The van der Waals surface area contributed by atoms with E-state index in [9.17, 15) is 0 Å². The maximum Gasteiger partial charge on any atom is 0.0601 e. The fraction of sp³-hybridized carbons (Fsp3) is 0.333. The Morgan fingerprint density at radius 1 is 1.43 bits per heavy atom. The van der Waals surface area contributed by atoms with Crippen molar-refractivity contribution in [1.29, 1.82) is 0 Å². The molecular weight excluding hydrogens is 238 g/mol. The lowest BCUT2D eigenvalue weighted by molar-refractivity contribution is 0.286. The number of benzene rings is 1. The maximum atomic E-state index is 5.30. The molecule has 1 aliphatic heterocycles. The van der Waals surface area contributed by atoms with Gasteiger partial charge in [0.25, 0.3) is 0 Å². The minimum absolute atomic E-state index is 0.759. The van der Waals surface area contributed by atoms with E-state index in [4.69, 9.17) is 6.42 Å². The fourth-order valence-electron chi connectivity index (χ4n) is 1.84. The number of terminal acetylenes is 1. The van der Waals surface area contributed by atoms with Crippen LogP contribution in [0, 0.1) is 12.3 Å². The summed E-state index contributed by atoms with van der Waals surface area (Å²) in [5.74, 6) is 2.70. The average molecular weight is 250 g/mol. The Balaban J connectivity index is 2.20. The van der Waals surface area contributed by atoms with Crippen molar-refractivity contribution in [3.05, 3.63) is 33.8 Å². The SMILES string of the molecule is C#CCN1CCc2cc(Br)ccc2C1. The first-order chi connectivity index (χ1) is 6.79. The third-order valence-corrected chi connectivity index (χ3v) is 3.07. The molecule has 2 rings (SSSR count). The molecule has 2 heteroatoms. The van der Waals surface area contributed by atoms with Crippen molar-refractivity contribution in [2.45, 2.75) is 13.0 Å². The van der Waals surface area contributed by atoms with Crippen molar-refractivity contribution in [1.82, 2.24) is 4.90 Å². The van der Waals surface area contributed by atoms with E-state index < -0.39 is 0 Å². The van der Waals surface area contributed by atoms with Crippen molar-refractivity contribution in [3.8, 4) is 12.3 Å². The van der Waals surface area contributed by atoms with Crippen molar-refractivity contribution in [2.75, 3.05) is 13.1 Å². The summed E-state index contributed by atoms with van der Waals surface area (Å²) in [6, 6.07) is 6.49. The molecule has 0 saturated carbocycles. The van der Waals surface area contributed by atoms with Gasteiger partial charge in [0, 0.05) is 17.6 Å². The molecule has 1 nitrogen and oxygen atoms in total. The van der Waals surface area contributed by atoms with Gasteiger partial charge in [0.1, 0.15) is 0 Å². The van der Waals surface area contributed by atoms with Crippen LogP contribution in [-0.4, -0.2) is 18.0 Å². The Kier molecular flexibility index (Phi) is 2.90. The molecule has 72 valence electrons. The van der Waals surface area contributed by atoms with Crippen molar-refractivity contribution >= 4 is 15.9 Å². The molecule has 0 aromatic heterocycles. The van der Waals surface area contributed by atoms with Crippen molar-refractivity contribution in [3.63, 3.8) is 0 Å². The molecule has 0 radical (unpaired) electrons. The third kappa shape index (κ3) is 2.00. The molecule has 0 atom stereocenters. The van der Waals surface area contributed by atoms with E-state index in [1.54, 1.807) is 0 Å². The van der Waals surface area contributed by atoms with Crippen LogP contribution in [0.5, 0.6) is 0 Å². The van der Waals surface area contributed by atoms with Crippen molar-refractivity contribution in [2.24, 2.45) is 0 Å².